The number of ketones is 1. The molecule has 0 aromatic heterocycles. The van der Waals surface area contributed by atoms with Crippen molar-refractivity contribution in [3.8, 4) is 0 Å². The Balaban J connectivity index is 1.94. The van der Waals surface area contributed by atoms with Crippen LogP contribution in [0.5, 0.6) is 0 Å². The van der Waals surface area contributed by atoms with Gasteiger partial charge in [-0.25, -0.2) is 12.7 Å². The minimum atomic E-state index is -3.85. The number of amides is 1. The molecule has 2 aromatic carbocycles. The van der Waals surface area contributed by atoms with Crippen LogP contribution in [-0.2, 0) is 15.8 Å². The highest BCUT2D eigenvalue weighted by Gasteiger charge is 2.37. The number of rotatable bonds is 3. The monoisotopic (exact) mass is 343 g/mol. The normalized spacial score (nSPS) is 15.9. The van der Waals surface area contributed by atoms with Crippen molar-refractivity contribution in [1.29, 1.82) is 0 Å². The zero-order valence-electron chi connectivity index (χ0n) is 13.4. The summed E-state index contributed by atoms with van der Waals surface area (Å²) in [6.45, 7) is 3.23. The molecule has 0 saturated carbocycles. The number of fused-ring (bicyclic) bond motifs is 1. The van der Waals surface area contributed by atoms with Crippen molar-refractivity contribution in [3.63, 3.8) is 0 Å². The zero-order valence-corrected chi connectivity index (χ0v) is 14.3. The van der Waals surface area contributed by atoms with Crippen LogP contribution in [0.2, 0.25) is 0 Å². The molecule has 5 nitrogen and oxygen atoms in total. The molecule has 0 radical (unpaired) electrons. The SMILES string of the molecule is Cc1ccc(C(=O)CN2C(=O)c3ccccc3CS2(=O)=O)c(C)c1. The van der Waals surface area contributed by atoms with Crippen LogP contribution in [0.1, 0.15) is 37.4 Å². The molecule has 2 aromatic rings. The van der Waals surface area contributed by atoms with Gasteiger partial charge in [-0.1, -0.05) is 42.0 Å². The summed E-state index contributed by atoms with van der Waals surface area (Å²) in [5, 5.41) is 0. The minimum absolute atomic E-state index is 0.269. The molecule has 0 spiro atoms. The second-order valence-corrected chi connectivity index (χ2v) is 7.86. The summed E-state index contributed by atoms with van der Waals surface area (Å²) in [6, 6.07) is 11.9. The summed E-state index contributed by atoms with van der Waals surface area (Å²) in [7, 11) is -3.85. The summed E-state index contributed by atoms with van der Waals surface area (Å²) in [5.74, 6) is -1.30. The molecule has 1 aliphatic rings. The lowest BCUT2D eigenvalue weighted by molar-refractivity contribution is 0.0806. The van der Waals surface area contributed by atoms with Crippen molar-refractivity contribution >= 4 is 21.7 Å². The Bertz CT molecular complexity index is 947. The van der Waals surface area contributed by atoms with Crippen LogP contribution in [-0.4, -0.2) is 31.0 Å². The zero-order chi connectivity index (χ0) is 17.5. The van der Waals surface area contributed by atoms with E-state index in [1.807, 2.05) is 13.0 Å². The van der Waals surface area contributed by atoms with Crippen molar-refractivity contribution in [3.05, 3.63) is 70.3 Å². The maximum Gasteiger partial charge on any atom is 0.268 e. The van der Waals surface area contributed by atoms with Gasteiger partial charge in [0.25, 0.3) is 5.91 Å². The van der Waals surface area contributed by atoms with E-state index < -0.39 is 22.5 Å². The first-order valence-corrected chi connectivity index (χ1v) is 9.13. The molecular formula is C18H17NO4S. The van der Waals surface area contributed by atoms with Crippen LogP contribution >= 0.6 is 0 Å². The molecule has 0 aliphatic carbocycles. The van der Waals surface area contributed by atoms with E-state index >= 15 is 0 Å². The van der Waals surface area contributed by atoms with E-state index in [4.69, 9.17) is 0 Å². The first-order chi connectivity index (χ1) is 11.3. The highest BCUT2D eigenvalue weighted by molar-refractivity contribution is 7.89. The van der Waals surface area contributed by atoms with Crippen LogP contribution in [0, 0.1) is 13.8 Å². The average Bonchev–Trinajstić information content (AvgIpc) is 2.50. The minimum Gasteiger partial charge on any atom is -0.292 e. The molecule has 0 N–H and O–H groups in total. The second kappa shape index (κ2) is 5.87. The Morgan fingerprint density at radius 1 is 1.12 bits per heavy atom. The molecule has 6 heteroatoms. The third-order valence-electron chi connectivity index (χ3n) is 4.12. The third kappa shape index (κ3) is 2.85. The van der Waals surface area contributed by atoms with Crippen molar-refractivity contribution in [2.45, 2.75) is 19.6 Å². The Morgan fingerprint density at radius 2 is 1.83 bits per heavy atom. The molecule has 1 heterocycles. The topological polar surface area (TPSA) is 71.5 Å². The predicted octanol–water partition coefficient (Wildman–Crippen LogP) is 2.47. The fourth-order valence-corrected chi connectivity index (χ4v) is 4.37. The van der Waals surface area contributed by atoms with E-state index in [2.05, 4.69) is 0 Å². The highest BCUT2D eigenvalue weighted by Crippen LogP contribution is 2.25. The van der Waals surface area contributed by atoms with Crippen LogP contribution in [0.25, 0.3) is 0 Å². The van der Waals surface area contributed by atoms with Crippen molar-refractivity contribution in [2.24, 2.45) is 0 Å². The van der Waals surface area contributed by atoms with Gasteiger partial charge in [-0.3, -0.25) is 9.59 Å². The third-order valence-corrected chi connectivity index (χ3v) is 5.76. The summed E-state index contributed by atoms with van der Waals surface area (Å²) in [6.07, 6.45) is 0. The van der Waals surface area contributed by atoms with E-state index in [9.17, 15) is 18.0 Å². The Morgan fingerprint density at radius 3 is 2.54 bits per heavy atom. The maximum absolute atomic E-state index is 12.5. The van der Waals surface area contributed by atoms with E-state index in [0.717, 1.165) is 11.1 Å². The number of nitrogens with zero attached hydrogens (tertiary/aromatic N) is 1. The Labute approximate surface area is 141 Å². The number of Topliss-reactive ketones (excluding diaryl/α,β-unsaturated/α-hetero) is 1. The van der Waals surface area contributed by atoms with Crippen molar-refractivity contribution in [2.75, 3.05) is 6.54 Å². The van der Waals surface area contributed by atoms with Gasteiger partial charge in [0.05, 0.1) is 5.75 Å². The number of carbonyl (C=O) groups is 2. The van der Waals surface area contributed by atoms with E-state index in [1.54, 1.807) is 43.3 Å². The second-order valence-electron chi connectivity index (χ2n) is 5.97. The fraction of sp³-hybridized carbons (Fsp3) is 0.222. The highest BCUT2D eigenvalue weighted by atomic mass is 32.2. The van der Waals surface area contributed by atoms with Crippen LogP contribution < -0.4 is 0 Å². The lowest BCUT2D eigenvalue weighted by Crippen LogP contribution is -2.44. The molecule has 0 unspecified atom stereocenters. The van der Waals surface area contributed by atoms with Crippen LogP contribution in [0.3, 0.4) is 0 Å². The van der Waals surface area contributed by atoms with Crippen molar-refractivity contribution < 1.29 is 18.0 Å². The molecular weight excluding hydrogens is 326 g/mol. The summed E-state index contributed by atoms with van der Waals surface area (Å²) in [5.41, 5.74) is 3.02. The summed E-state index contributed by atoms with van der Waals surface area (Å²) >= 11 is 0. The number of carbonyl (C=O) groups excluding carboxylic acids is 2. The van der Waals surface area contributed by atoms with Gasteiger partial charge in [0.15, 0.2) is 5.78 Å². The number of sulfonamides is 1. The number of benzene rings is 2. The predicted molar refractivity (Wildman–Crippen MR) is 90.3 cm³/mol. The summed E-state index contributed by atoms with van der Waals surface area (Å²) in [4.78, 5) is 25.1. The largest absolute Gasteiger partial charge is 0.292 e. The first-order valence-electron chi connectivity index (χ1n) is 7.53. The van der Waals surface area contributed by atoms with Gasteiger partial charge in [0, 0.05) is 11.1 Å². The van der Waals surface area contributed by atoms with Gasteiger partial charge in [-0.15, -0.1) is 0 Å². The average molecular weight is 343 g/mol. The Hall–Kier alpha value is -2.47. The van der Waals surface area contributed by atoms with Gasteiger partial charge in [0.2, 0.25) is 10.0 Å². The Kier molecular flexibility index (Phi) is 4.01. The van der Waals surface area contributed by atoms with E-state index in [0.29, 0.717) is 21.0 Å². The number of aryl methyl sites for hydroxylation is 2. The van der Waals surface area contributed by atoms with Crippen molar-refractivity contribution in [1.82, 2.24) is 4.31 Å². The molecule has 3 rings (SSSR count). The molecule has 0 bridgehead atoms. The standard InChI is InChI=1S/C18H17NO4S/c1-12-7-8-15(13(2)9-12)17(20)10-19-18(21)16-6-4-3-5-14(16)11-24(19,22)23/h3-9H,10-11H2,1-2H3. The van der Waals surface area contributed by atoms with Gasteiger partial charge in [-0.05, 0) is 31.0 Å². The molecule has 124 valence electrons. The molecule has 24 heavy (non-hydrogen) atoms. The van der Waals surface area contributed by atoms with E-state index in [1.165, 1.54) is 0 Å². The van der Waals surface area contributed by atoms with Crippen LogP contribution in [0.4, 0.5) is 0 Å². The van der Waals surface area contributed by atoms with Gasteiger partial charge < -0.3 is 0 Å². The number of hydrogen-bond donors (Lipinski definition) is 0. The van der Waals surface area contributed by atoms with Gasteiger partial charge >= 0.3 is 0 Å². The molecule has 0 atom stereocenters. The lowest BCUT2D eigenvalue weighted by Gasteiger charge is -2.27. The van der Waals surface area contributed by atoms with Gasteiger partial charge in [0.1, 0.15) is 6.54 Å². The van der Waals surface area contributed by atoms with E-state index in [-0.39, 0.29) is 11.5 Å². The maximum atomic E-state index is 12.5. The quantitative estimate of drug-likeness (QED) is 0.803. The lowest BCUT2D eigenvalue weighted by atomic mass is 10.0. The summed E-state index contributed by atoms with van der Waals surface area (Å²) < 4.78 is 25.5. The first kappa shape index (κ1) is 16.4. The smallest absolute Gasteiger partial charge is 0.268 e. The van der Waals surface area contributed by atoms with Crippen LogP contribution in [0.15, 0.2) is 42.5 Å². The fourth-order valence-electron chi connectivity index (χ4n) is 2.90. The molecule has 0 saturated heterocycles. The number of hydrogen-bond acceptors (Lipinski definition) is 4. The molecule has 0 fully saturated rings. The van der Waals surface area contributed by atoms with Gasteiger partial charge in [-0.2, -0.15) is 0 Å². The molecule has 1 aliphatic heterocycles. The molecule has 1 amide bonds.